The lowest BCUT2D eigenvalue weighted by Crippen LogP contribution is -2.40. The van der Waals surface area contributed by atoms with E-state index in [0.29, 0.717) is 0 Å². The van der Waals surface area contributed by atoms with Gasteiger partial charge in [-0.05, 0) is 35.2 Å². The first-order chi connectivity index (χ1) is 12.5. The quantitative estimate of drug-likeness (QED) is 0.611. The number of benzene rings is 2. The van der Waals surface area contributed by atoms with Crippen LogP contribution in [-0.2, 0) is 4.79 Å². The number of hydrogen-bond acceptors (Lipinski definition) is 6. The summed E-state index contributed by atoms with van der Waals surface area (Å²) in [6, 6.07) is 18.1. The molecule has 2 aliphatic rings. The Hall–Kier alpha value is -1.57. The first-order valence-electron chi connectivity index (χ1n) is 8.30. The van der Waals surface area contributed by atoms with Gasteiger partial charge in [0, 0.05) is 19.8 Å². The van der Waals surface area contributed by atoms with Gasteiger partial charge in [0.25, 0.3) is 5.91 Å². The molecular weight excluding hydrogens is 382 g/mol. The van der Waals surface area contributed by atoms with Crippen LogP contribution in [-0.4, -0.2) is 34.7 Å². The molecular formula is C19H19N3OS3. The number of aliphatic imine (C=N–C) groups is 1. The fraction of sp³-hybridized carbons (Fsp3) is 0.263. The molecule has 1 fully saturated rings. The van der Waals surface area contributed by atoms with Crippen molar-refractivity contribution in [3.63, 3.8) is 0 Å². The maximum absolute atomic E-state index is 12.9. The molecule has 26 heavy (non-hydrogen) atoms. The van der Waals surface area contributed by atoms with Gasteiger partial charge in [-0.25, -0.2) is 4.31 Å². The molecule has 0 aromatic heterocycles. The van der Waals surface area contributed by atoms with E-state index < -0.39 is 5.25 Å². The number of fused-ring (bicyclic) bond motifs is 1. The molecule has 1 saturated heterocycles. The normalized spacial score (nSPS) is 25.0. The second kappa shape index (κ2) is 7.21. The average molecular weight is 402 g/mol. The molecule has 0 bridgehead atoms. The number of anilines is 1. The summed E-state index contributed by atoms with van der Waals surface area (Å²) < 4.78 is 1.86. The van der Waals surface area contributed by atoms with Crippen LogP contribution in [0.2, 0.25) is 0 Å². The van der Waals surface area contributed by atoms with Crippen molar-refractivity contribution in [2.24, 2.45) is 4.99 Å². The van der Waals surface area contributed by atoms with Crippen LogP contribution in [0.25, 0.3) is 0 Å². The van der Waals surface area contributed by atoms with Gasteiger partial charge in [0.15, 0.2) is 5.17 Å². The van der Waals surface area contributed by atoms with Crippen LogP contribution < -0.4 is 4.90 Å². The SMILES string of the molecule is CN(C)c1ccc([C@H]2N=C3SC(c4ccccc4)SN3C(=O)[C@H]2S)cc1. The third kappa shape index (κ3) is 3.23. The van der Waals surface area contributed by atoms with Gasteiger partial charge in [-0.2, -0.15) is 12.6 Å². The summed E-state index contributed by atoms with van der Waals surface area (Å²) in [5.41, 5.74) is 3.33. The van der Waals surface area contributed by atoms with Gasteiger partial charge in [0.2, 0.25) is 0 Å². The summed E-state index contributed by atoms with van der Waals surface area (Å²) in [6.45, 7) is 0. The minimum Gasteiger partial charge on any atom is -0.378 e. The first kappa shape index (κ1) is 17.8. The lowest BCUT2D eigenvalue weighted by atomic mass is 10.0. The van der Waals surface area contributed by atoms with Crippen LogP contribution in [0.3, 0.4) is 0 Å². The topological polar surface area (TPSA) is 35.9 Å². The Morgan fingerprint density at radius 1 is 1.04 bits per heavy atom. The van der Waals surface area contributed by atoms with E-state index in [-0.39, 0.29) is 16.5 Å². The predicted molar refractivity (Wildman–Crippen MR) is 115 cm³/mol. The van der Waals surface area contributed by atoms with E-state index in [0.717, 1.165) is 16.4 Å². The highest BCUT2D eigenvalue weighted by Crippen LogP contribution is 2.53. The molecule has 0 radical (unpaired) electrons. The molecule has 0 saturated carbocycles. The summed E-state index contributed by atoms with van der Waals surface area (Å²) >= 11 is 7.76. The van der Waals surface area contributed by atoms with Crippen LogP contribution in [0.4, 0.5) is 5.69 Å². The first-order valence-corrected chi connectivity index (χ1v) is 10.5. The maximum atomic E-state index is 12.9. The Balaban J connectivity index is 1.62. The third-order valence-corrected chi connectivity index (χ3v) is 7.59. The van der Waals surface area contributed by atoms with Gasteiger partial charge in [-0.15, -0.1) is 0 Å². The Morgan fingerprint density at radius 2 is 1.73 bits per heavy atom. The van der Waals surface area contributed by atoms with E-state index in [1.807, 2.05) is 44.4 Å². The van der Waals surface area contributed by atoms with Crippen molar-refractivity contribution in [2.75, 3.05) is 19.0 Å². The van der Waals surface area contributed by atoms with Crippen LogP contribution >= 0.6 is 36.3 Å². The number of amidine groups is 1. The zero-order valence-electron chi connectivity index (χ0n) is 14.4. The number of thioether (sulfide) groups is 1. The van der Waals surface area contributed by atoms with E-state index in [1.54, 1.807) is 16.1 Å². The molecule has 7 heteroatoms. The second-order valence-corrected chi connectivity index (χ2v) is 9.36. The fourth-order valence-corrected chi connectivity index (χ4v) is 5.99. The van der Waals surface area contributed by atoms with E-state index in [4.69, 9.17) is 4.99 Å². The fourth-order valence-electron chi connectivity index (χ4n) is 2.95. The molecule has 0 aliphatic carbocycles. The minimum absolute atomic E-state index is 0.0101. The summed E-state index contributed by atoms with van der Waals surface area (Å²) in [5, 5.41) is 0.312. The summed E-state index contributed by atoms with van der Waals surface area (Å²) in [7, 11) is 4.02. The molecule has 2 heterocycles. The number of nitrogens with zero attached hydrogens (tertiary/aromatic N) is 3. The van der Waals surface area contributed by atoms with Crippen molar-refractivity contribution in [3.8, 4) is 0 Å². The number of thiol groups is 1. The van der Waals surface area contributed by atoms with Gasteiger partial charge < -0.3 is 4.90 Å². The van der Waals surface area contributed by atoms with Gasteiger partial charge in [0.1, 0.15) is 9.83 Å². The molecule has 2 aromatic rings. The number of rotatable bonds is 3. The molecule has 4 nitrogen and oxygen atoms in total. The highest BCUT2D eigenvalue weighted by Gasteiger charge is 2.44. The van der Waals surface area contributed by atoms with E-state index >= 15 is 0 Å². The van der Waals surface area contributed by atoms with E-state index in [2.05, 4.69) is 41.8 Å². The number of hydrogen-bond donors (Lipinski definition) is 1. The number of carbonyl (C=O) groups is 1. The largest absolute Gasteiger partial charge is 0.378 e. The Bertz CT molecular complexity index is 839. The molecule has 1 amide bonds. The molecule has 0 spiro atoms. The van der Waals surface area contributed by atoms with Gasteiger partial charge in [0.05, 0.1) is 6.04 Å². The van der Waals surface area contributed by atoms with Crippen molar-refractivity contribution in [2.45, 2.75) is 15.9 Å². The zero-order valence-corrected chi connectivity index (χ0v) is 17.0. The lowest BCUT2D eigenvalue weighted by Gasteiger charge is -2.29. The van der Waals surface area contributed by atoms with Crippen molar-refractivity contribution in [3.05, 3.63) is 65.7 Å². The summed E-state index contributed by atoms with van der Waals surface area (Å²) in [6.07, 6.45) is 0. The molecule has 4 rings (SSSR count). The standard InChI is InChI=1S/C19H19N3OS3/c1-21(2)14-10-8-12(9-11-14)15-16(24)17(23)22-19(20-15)25-18(26-22)13-6-4-3-5-7-13/h3-11,15-16,18,24H,1-2H3/t15-,16+,18?/m1/s1. The predicted octanol–water partition coefficient (Wildman–Crippen LogP) is 4.38. The average Bonchev–Trinajstić information content (AvgIpc) is 3.10. The number of amides is 1. The Morgan fingerprint density at radius 3 is 2.38 bits per heavy atom. The van der Waals surface area contributed by atoms with Crippen molar-refractivity contribution < 1.29 is 4.79 Å². The second-order valence-electron chi connectivity index (χ2n) is 6.39. The van der Waals surface area contributed by atoms with Gasteiger partial charge >= 0.3 is 0 Å². The molecule has 1 unspecified atom stereocenters. The van der Waals surface area contributed by atoms with Crippen molar-refractivity contribution in [1.82, 2.24) is 4.31 Å². The Labute approximate surface area is 167 Å². The molecule has 134 valence electrons. The highest BCUT2D eigenvalue weighted by atomic mass is 32.2. The zero-order chi connectivity index (χ0) is 18.3. The molecule has 2 aliphatic heterocycles. The van der Waals surface area contributed by atoms with Gasteiger partial charge in [-0.3, -0.25) is 9.79 Å². The maximum Gasteiger partial charge on any atom is 0.254 e. The van der Waals surface area contributed by atoms with E-state index in [9.17, 15) is 4.79 Å². The number of carbonyl (C=O) groups excluding carboxylic acids is 1. The van der Waals surface area contributed by atoms with E-state index in [1.165, 1.54) is 17.5 Å². The van der Waals surface area contributed by atoms with Crippen LogP contribution in [0.1, 0.15) is 21.8 Å². The summed E-state index contributed by atoms with van der Waals surface area (Å²) in [4.78, 5) is 19.8. The minimum atomic E-state index is -0.466. The Kier molecular flexibility index (Phi) is 4.94. The molecule has 0 N–H and O–H groups in total. The highest BCUT2D eigenvalue weighted by molar-refractivity contribution is 8.28. The van der Waals surface area contributed by atoms with Gasteiger partial charge in [-0.1, -0.05) is 54.2 Å². The summed E-state index contributed by atoms with van der Waals surface area (Å²) in [5.74, 6) is 0.0101. The lowest BCUT2D eigenvalue weighted by molar-refractivity contribution is -0.123. The monoisotopic (exact) mass is 401 g/mol. The smallest absolute Gasteiger partial charge is 0.254 e. The van der Waals surface area contributed by atoms with Crippen LogP contribution in [0, 0.1) is 0 Å². The van der Waals surface area contributed by atoms with Crippen molar-refractivity contribution in [1.29, 1.82) is 0 Å². The van der Waals surface area contributed by atoms with Crippen LogP contribution in [0.15, 0.2) is 59.6 Å². The van der Waals surface area contributed by atoms with Crippen molar-refractivity contribution >= 4 is 53.1 Å². The van der Waals surface area contributed by atoms with Crippen LogP contribution in [0.5, 0.6) is 0 Å². The molecule has 3 atom stereocenters. The molecule has 2 aromatic carbocycles. The third-order valence-electron chi connectivity index (χ3n) is 4.41.